The second kappa shape index (κ2) is 10.9. The maximum absolute atomic E-state index is 11.3. The van der Waals surface area contributed by atoms with Crippen molar-refractivity contribution in [3.8, 4) is 0 Å². The van der Waals surface area contributed by atoms with Crippen molar-refractivity contribution < 1.29 is 9.53 Å². The summed E-state index contributed by atoms with van der Waals surface area (Å²) in [5, 5.41) is 2.88. The molecule has 0 aromatic heterocycles. The van der Waals surface area contributed by atoms with Crippen LogP contribution in [0.25, 0.3) is 0 Å². The van der Waals surface area contributed by atoms with Crippen LogP contribution in [0.2, 0.25) is 0 Å². The molecule has 0 bridgehead atoms. The van der Waals surface area contributed by atoms with Gasteiger partial charge in [0, 0.05) is 19.6 Å². The lowest BCUT2D eigenvalue weighted by Gasteiger charge is -2.09. The molecule has 96 valence electrons. The van der Waals surface area contributed by atoms with Crippen LogP contribution in [0.1, 0.15) is 32.6 Å². The summed E-state index contributed by atoms with van der Waals surface area (Å²) in [4.78, 5) is 13.4. The minimum absolute atomic E-state index is 0.0928. The monoisotopic (exact) mass is 230 g/mol. The minimum atomic E-state index is 0.0928. The van der Waals surface area contributed by atoms with Crippen molar-refractivity contribution in [1.29, 1.82) is 0 Å². The summed E-state index contributed by atoms with van der Waals surface area (Å²) in [6.07, 6.45) is 3.68. The first-order valence-electron chi connectivity index (χ1n) is 6.16. The van der Waals surface area contributed by atoms with E-state index in [2.05, 4.69) is 17.1 Å². The number of rotatable bonds is 10. The second-order valence-electron chi connectivity index (χ2n) is 4.22. The summed E-state index contributed by atoms with van der Waals surface area (Å²) in [7, 11) is 4.06. The van der Waals surface area contributed by atoms with Gasteiger partial charge in [-0.15, -0.1) is 0 Å². The van der Waals surface area contributed by atoms with Gasteiger partial charge in [-0.2, -0.15) is 0 Å². The quantitative estimate of drug-likeness (QED) is 0.575. The Morgan fingerprint density at radius 2 is 2.00 bits per heavy atom. The fraction of sp³-hybridized carbons (Fsp3) is 0.917. The number of carbonyl (C=O) groups is 1. The third-order valence-corrected chi connectivity index (χ3v) is 2.22. The summed E-state index contributed by atoms with van der Waals surface area (Å²) >= 11 is 0. The van der Waals surface area contributed by atoms with Crippen LogP contribution in [0.5, 0.6) is 0 Å². The van der Waals surface area contributed by atoms with E-state index in [1.165, 1.54) is 0 Å². The molecule has 0 aliphatic carbocycles. The van der Waals surface area contributed by atoms with E-state index in [1.54, 1.807) is 0 Å². The Balaban J connectivity index is 3.18. The zero-order valence-corrected chi connectivity index (χ0v) is 10.9. The summed E-state index contributed by atoms with van der Waals surface area (Å²) < 4.78 is 5.32. The van der Waals surface area contributed by atoms with Crippen LogP contribution < -0.4 is 5.32 Å². The molecular weight excluding hydrogens is 204 g/mol. The average Bonchev–Trinajstić information content (AvgIpc) is 2.24. The van der Waals surface area contributed by atoms with Crippen molar-refractivity contribution in [1.82, 2.24) is 10.2 Å². The van der Waals surface area contributed by atoms with Gasteiger partial charge in [-0.05, 0) is 33.5 Å². The van der Waals surface area contributed by atoms with Crippen molar-refractivity contribution in [2.75, 3.05) is 40.4 Å². The predicted octanol–water partition coefficient (Wildman–Crippen LogP) is 1.26. The first-order valence-corrected chi connectivity index (χ1v) is 6.16. The third-order valence-electron chi connectivity index (χ3n) is 2.22. The average molecular weight is 230 g/mol. The lowest BCUT2D eigenvalue weighted by molar-refractivity contribution is -0.122. The summed E-state index contributed by atoms with van der Waals surface area (Å²) in [5.74, 6) is 0.0928. The zero-order valence-electron chi connectivity index (χ0n) is 10.9. The van der Waals surface area contributed by atoms with E-state index < -0.39 is 0 Å². The molecular formula is C12H26N2O2. The molecule has 0 rings (SSSR count). The first kappa shape index (κ1) is 15.4. The predicted molar refractivity (Wildman–Crippen MR) is 66.5 cm³/mol. The maximum Gasteiger partial charge on any atom is 0.222 e. The largest absolute Gasteiger partial charge is 0.381 e. The second-order valence-corrected chi connectivity index (χ2v) is 4.22. The number of nitrogens with one attached hydrogen (secondary N) is 1. The summed E-state index contributed by atoms with van der Waals surface area (Å²) in [5.41, 5.74) is 0. The van der Waals surface area contributed by atoms with E-state index in [0.717, 1.165) is 39.0 Å². The highest BCUT2D eigenvalue weighted by Gasteiger charge is 2.00. The van der Waals surface area contributed by atoms with E-state index in [1.807, 2.05) is 14.1 Å². The molecule has 0 aromatic rings. The van der Waals surface area contributed by atoms with Gasteiger partial charge in [-0.25, -0.2) is 0 Å². The van der Waals surface area contributed by atoms with Gasteiger partial charge in [0.05, 0.1) is 6.61 Å². The summed E-state index contributed by atoms with van der Waals surface area (Å²) in [6, 6.07) is 0. The van der Waals surface area contributed by atoms with Crippen LogP contribution in [-0.2, 0) is 9.53 Å². The Hall–Kier alpha value is -0.610. The van der Waals surface area contributed by atoms with Gasteiger partial charge in [0.1, 0.15) is 0 Å². The Kier molecular flexibility index (Phi) is 10.5. The lowest BCUT2D eigenvalue weighted by atomic mass is 10.3. The van der Waals surface area contributed by atoms with E-state index in [4.69, 9.17) is 4.74 Å². The van der Waals surface area contributed by atoms with Crippen LogP contribution in [0.4, 0.5) is 0 Å². The number of amides is 1. The molecule has 0 spiro atoms. The smallest absolute Gasteiger partial charge is 0.222 e. The Bertz CT molecular complexity index is 172. The molecule has 1 amide bonds. The summed E-state index contributed by atoms with van der Waals surface area (Å²) in [6.45, 7) is 5.20. The van der Waals surface area contributed by atoms with Crippen molar-refractivity contribution in [3.63, 3.8) is 0 Å². The number of hydrogen-bond acceptors (Lipinski definition) is 3. The van der Waals surface area contributed by atoms with Crippen molar-refractivity contribution in [3.05, 3.63) is 0 Å². The fourth-order valence-corrected chi connectivity index (χ4v) is 1.22. The molecule has 0 aliphatic heterocycles. The number of ether oxygens (including phenoxy) is 1. The Labute approximate surface area is 99.3 Å². The zero-order chi connectivity index (χ0) is 12.2. The van der Waals surface area contributed by atoms with E-state index >= 15 is 0 Å². The molecule has 0 heterocycles. The topological polar surface area (TPSA) is 41.6 Å². The molecule has 4 nitrogen and oxygen atoms in total. The van der Waals surface area contributed by atoms with Gasteiger partial charge in [0.15, 0.2) is 0 Å². The van der Waals surface area contributed by atoms with Gasteiger partial charge in [-0.1, -0.05) is 13.3 Å². The van der Waals surface area contributed by atoms with Crippen LogP contribution in [0, 0.1) is 0 Å². The molecule has 0 aliphatic rings. The van der Waals surface area contributed by atoms with Crippen molar-refractivity contribution in [2.45, 2.75) is 32.6 Å². The molecule has 0 radical (unpaired) electrons. The Morgan fingerprint density at radius 3 is 2.62 bits per heavy atom. The van der Waals surface area contributed by atoms with Crippen LogP contribution in [0.15, 0.2) is 0 Å². The Morgan fingerprint density at radius 1 is 1.25 bits per heavy atom. The molecule has 1 N–H and O–H groups in total. The van der Waals surface area contributed by atoms with Crippen molar-refractivity contribution in [2.24, 2.45) is 0 Å². The van der Waals surface area contributed by atoms with Gasteiger partial charge in [0.2, 0.25) is 5.91 Å². The normalized spacial score (nSPS) is 10.8. The highest BCUT2D eigenvalue weighted by Crippen LogP contribution is 1.90. The standard InChI is InChI=1S/C12H26N2O2/c1-4-5-10-16-11-7-12(15)13-8-6-9-14(2)3/h4-11H2,1-3H3,(H,13,15). The van der Waals surface area contributed by atoms with E-state index in [-0.39, 0.29) is 5.91 Å². The maximum atomic E-state index is 11.3. The molecule has 0 fully saturated rings. The van der Waals surface area contributed by atoms with Gasteiger partial charge in [0.25, 0.3) is 0 Å². The molecule has 0 unspecified atom stereocenters. The third kappa shape index (κ3) is 11.5. The van der Waals surface area contributed by atoms with Crippen LogP contribution in [0.3, 0.4) is 0 Å². The highest BCUT2D eigenvalue weighted by molar-refractivity contribution is 5.75. The minimum Gasteiger partial charge on any atom is -0.381 e. The molecule has 0 atom stereocenters. The number of nitrogens with zero attached hydrogens (tertiary/aromatic N) is 1. The van der Waals surface area contributed by atoms with Crippen LogP contribution in [-0.4, -0.2) is 51.2 Å². The number of hydrogen-bond donors (Lipinski definition) is 1. The molecule has 4 heteroatoms. The highest BCUT2D eigenvalue weighted by atomic mass is 16.5. The van der Waals surface area contributed by atoms with E-state index in [0.29, 0.717) is 13.0 Å². The molecule has 16 heavy (non-hydrogen) atoms. The first-order chi connectivity index (χ1) is 7.66. The molecule has 0 saturated carbocycles. The lowest BCUT2D eigenvalue weighted by Crippen LogP contribution is -2.27. The number of carbonyl (C=O) groups excluding carboxylic acids is 1. The van der Waals surface area contributed by atoms with Gasteiger partial charge < -0.3 is 15.0 Å². The van der Waals surface area contributed by atoms with E-state index in [9.17, 15) is 4.79 Å². The molecule has 0 aromatic carbocycles. The fourth-order valence-electron chi connectivity index (χ4n) is 1.22. The van der Waals surface area contributed by atoms with Gasteiger partial charge >= 0.3 is 0 Å². The van der Waals surface area contributed by atoms with Crippen molar-refractivity contribution >= 4 is 5.91 Å². The van der Waals surface area contributed by atoms with Crippen LogP contribution >= 0.6 is 0 Å². The number of unbranched alkanes of at least 4 members (excludes halogenated alkanes) is 1. The van der Waals surface area contributed by atoms with Gasteiger partial charge in [-0.3, -0.25) is 4.79 Å². The SMILES string of the molecule is CCCCOCCC(=O)NCCCN(C)C. The molecule has 0 saturated heterocycles.